The van der Waals surface area contributed by atoms with Gasteiger partial charge in [-0.2, -0.15) is 0 Å². The van der Waals surface area contributed by atoms with Crippen molar-refractivity contribution in [2.45, 2.75) is 13.5 Å². The van der Waals surface area contributed by atoms with Gasteiger partial charge in [-0.15, -0.1) is 0 Å². The minimum Gasteiger partial charge on any atom is -0.353 e. The third kappa shape index (κ3) is 5.74. The van der Waals surface area contributed by atoms with Crippen LogP contribution in [0.4, 0.5) is 5.95 Å². The van der Waals surface area contributed by atoms with Crippen LogP contribution in [0.3, 0.4) is 0 Å². The predicted molar refractivity (Wildman–Crippen MR) is 111 cm³/mol. The summed E-state index contributed by atoms with van der Waals surface area (Å²) >= 11 is 0. The molecule has 1 saturated heterocycles. The lowest BCUT2D eigenvalue weighted by Gasteiger charge is -2.34. The van der Waals surface area contributed by atoms with Crippen LogP contribution in [-0.2, 0) is 6.54 Å². The molecule has 7 heteroatoms. The first-order valence-corrected chi connectivity index (χ1v) is 9.81. The van der Waals surface area contributed by atoms with Crippen molar-refractivity contribution in [1.29, 1.82) is 0 Å². The summed E-state index contributed by atoms with van der Waals surface area (Å²) in [6.07, 6.45) is 0. The van der Waals surface area contributed by atoms with E-state index in [2.05, 4.69) is 49.4 Å². The zero-order chi connectivity index (χ0) is 19.9. The summed E-state index contributed by atoms with van der Waals surface area (Å²) in [4.78, 5) is 28.1. The van der Waals surface area contributed by atoms with Gasteiger partial charge in [0.25, 0.3) is 5.91 Å². The van der Waals surface area contributed by atoms with Gasteiger partial charge in [0.05, 0.1) is 0 Å². The van der Waals surface area contributed by atoms with Crippen molar-refractivity contribution >= 4 is 11.9 Å². The molecule has 0 atom stereocenters. The minimum atomic E-state index is -0.0134. The van der Waals surface area contributed by atoms with E-state index in [1.165, 1.54) is 5.56 Å². The van der Waals surface area contributed by atoms with Crippen molar-refractivity contribution in [2.24, 2.45) is 0 Å². The molecule has 1 aliphatic heterocycles. The number of nitrogens with one attached hydrogen (secondary N) is 1. The highest BCUT2D eigenvalue weighted by Crippen LogP contribution is 2.12. The van der Waals surface area contributed by atoms with Gasteiger partial charge < -0.3 is 15.1 Å². The van der Waals surface area contributed by atoms with E-state index >= 15 is 0 Å². The maximum absolute atomic E-state index is 12.9. The van der Waals surface area contributed by atoms with E-state index in [1.807, 2.05) is 32.0 Å². The normalized spacial score (nSPS) is 15.1. The molecule has 0 unspecified atom stereocenters. The molecule has 28 heavy (non-hydrogen) atoms. The summed E-state index contributed by atoms with van der Waals surface area (Å²) < 4.78 is 0. The third-order valence-corrected chi connectivity index (χ3v) is 4.82. The monoisotopic (exact) mass is 382 g/mol. The molecule has 1 amide bonds. The van der Waals surface area contributed by atoms with E-state index in [0.717, 1.165) is 51.5 Å². The van der Waals surface area contributed by atoms with Crippen molar-refractivity contribution < 1.29 is 4.79 Å². The van der Waals surface area contributed by atoms with Crippen LogP contribution in [0.1, 0.15) is 21.7 Å². The average Bonchev–Trinajstić information content (AvgIpc) is 2.68. The number of rotatable bonds is 7. The largest absolute Gasteiger partial charge is 0.353 e. The Balaban J connectivity index is 1.56. The second kappa shape index (κ2) is 9.61. The van der Waals surface area contributed by atoms with E-state index in [-0.39, 0.29) is 5.91 Å². The number of carbonyl (C=O) groups is 1. The Morgan fingerprint density at radius 1 is 1.11 bits per heavy atom. The van der Waals surface area contributed by atoms with Crippen LogP contribution >= 0.6 is 0 Å². The van der Waals surface area contributed by atoms with Gasteiger partial charge in [0.1, 0.15) is 5.69 Å². The van der Waals surface area contributed by atoms with Gasteiger partial charge in [-0.25, -0.2) is 9.97 Å². The summed E-state index contributed by atoms with van der Waals surface area (Å²) in [5.74, 6) is 0.508. The maximum Gasteiger partial charge on any atom is 0.272 e. The Morgan fingerprint density at radius 3 is 2.50 bits per heavy atom. The first kappa shape index (κ1) is 20.2. The van der Waals surface area contributed by atoms with Crippen LogP contribution in [0.25, 0.3) is 0 Å². The van der Waals surface area contributed by atoms with Crippen LogP contribution in [-0.4, -0.2) is 83.9 Å². The number of likely N-dealkylation sites (N-methyl/N-ethyl adjacent to an activating group) is 1. The lowest BCUT2D eigenvalue weighted by molar-refractivity contribution is 0.0622. The van der Waals surface area contributed by atoms with Gasteiger partial charge in [0.15, 0.2) is 0 Å². The van der Waals surface area contributed by atoms with Gasteiger partial charge in [-0.1, -0.05) is 30.3 Å². The molecule has 1 aliphatic rings. The summed E-state index contributed by atoms with van der Waals surface area (Å²) in [5, 5.41) is 3.21. The number of carbonyl (C=O) groups excluding carboxylic acids is 1. The fourth-order valence-electron chi connectivity index (χ4n) is 3.26. The number of aromatic nitrogens is 2. The summed E-state index contributed by atoms with van der Waals surface area (Å²) in [5.41, 5.74) is 2.58. The minimum absolute atomic E-state index is 0.0134. The van der Waals surface area contributed by atoms with Gasteiger partial charge in [0, 0.05) is 51.5 Å². The highest BCUT2D eigenvalue weighted by Gasteiger charge is 2.23. The molecule has 1 N–H and O–H groups in total. The lowest BCUT2D eigenvalue weighted by Crippen LogP contribution is -2.48. The van der Waals surface area contributed by atoms with Crippen LogP contribution in [0, 0.1) is 6.92 Å². The summed E-state index contributed by atoms with van der Waals surface area (Å²) in [6.45, 7) is 7.63. The summed E-state index contributed by atoms with van der Waals surface area (Å²) in [6, 6.07) is 12.2. The van der Waals surface area contributed by atoms with Crippen molar-refractivity contribution in [3.63, 3.8) is 0 Å². The molecule has 0 radical (unpaired) electrons. The second-order valence-electron chi connectivity index (χ2n) is 7.50. The lowest BCUT2D eigenvalue weighted by atomic mass is 10.2. The maximum atomic E-state index is 12.9. The number of hydrogen-bond acceptors (Lipinski definition) is 6. The SMILES string of the molecule is Cc1cc(C(=O)N2CCN(Cc3ccccc3)CC2)nc(NCCN(C)C)n1. The van der Waals surface area contributed by atoms with E-state index < -0.39 is 0 Å². The van der Waals surface area contributed by atoms with Gasteiger partial charge in [0.2, 0.25) is 5.95 Å². The van der Waals surface area contributed by atoms with E-state index in [0.29, 0.717) is 11.6 Å². The van der Waals surface area contributed by atoms with E-state index in [1.54, 1.807) is 6.07 Å². The first-order chi connectivity index (χ1) is 13.5. The molecule has 3 rings (SSSR count). The first-order valence-electron chi connectivity index (χ1n) is 9.81. The molecular formula is C21H30N6O. The standard InChI is InChI=1S/C21H30N6O/c1-17-15-19(24-21(23-17)22-9-10-25(2)3)20(28)27-13-11-26(12-14-27)16-18-7-5-4-6-8-18/h4-8,15H,9-14,16H2,1-3H3,(H,22,23,24). The number of benzene rings is 1. The Bertz CT molecular complexity index is 772. The van der Waals surface area contributed by atoms with Gasteiger partial charge in [-0.05, 0) is 32.6 Å². The fraction of sp³-hybridized carbons (Fsp3) is 0.476. The van der Waals surface area contributed by atoms with Gasteiger partial charge in [-0.3, -0.25) is 9.69 Å². The molecule has 2 heterocycles. The Hall–Kier alpha value is -2.51. The number of anilines is 1. The number of aryl methyl sites for hydroxylation is 1. The smallest absolute Gasteiger partial charge is 0.272 e. The summed E-state index contributed by atoms with van der Waals surface area (Å²) in [7, 11) is 4.04. The van der Waals surface area contributed by atoms with Crippen molar-refractivity contribution in [2.75, 3.05) is 58.7 Å². The van der Waals surface area contributed by atoms with Gasteiger partial charge >= 0.3 is 0 Å². The molecule has 7 nitrogen and oxygen atoms in total. The fourth-order valence-corrected chi connectivity index (χ4v) is 3.26. The highest BCUT2D eigenvalue weighted by atomic mass is 16.2. The van der Waals surface area contributed by atoms with Crippen LogP contribution in [0.5, 0.6) is 0 Å². The topological polar surface area (TPSA) is 64.6 Å². The van der Waals surface area contributed by atoms with Crippen LogP contribution < -0.4 is 5.32 Å². The van der Waals surface area contributed by atoms with Crippen molar-refractivity contribution in [3.8, 4) is 0 Å². The van der Waals surface area contributed by atoms with Crippen LogP contribution in [0.2, 0.25) is 0 Å². The molecule has 1 fully saturated rings. The number of amides is 1. The van der Waals surface area contributed by atoms with Crippen molar-refractivity contribution in [1.82, 2.24) is 24.7 Å². The van der Waals surface area contributed by atoms with Crippen molar-refractivity contribution in [3.05, 3.63) is 53.3 Å². The molecule has 150 valence electrons. The quantitative estimate of drug-likeness (QED) is 0.787. The Morgan fingerprint density at radius 2 is 1.82 bits per heavy atom. The molecule has 0 spiro atoms. The highest BCUT2D eigenvalue weighted by molar-refractivity contribution is 5.92. The van der Waals surface area contributed by atoms with Crippen LogP contribution in [0.15, 0.2) is 36.4 Å². The molecule has 1 aromatic heterocycles. The molecule has 2 aromatic rings. The van der Waals surface area contributed by atoms with E-state index in [4.69, 9.17) is 0 Å². The molecule has 0 aliphatic carbocycles. The average molecular weight is 383 g/mol. The molecule has 0 saturated carbocycles. The van der Waals surface area contributed by atoms with E-state index in [9.17, 15) is 4.79 Å². The Kier molecular flexibility index (Phi) is 6.95. The number of nitrogens with zero attached hydrogens (tertiary/aromatic N) is 5. The Labute approximate surface area is 167 Å². The third-order valence-electron chi connectivity index (χ3n) is 4.82. The molecule has 0 bridgehead atoms. The molecular weight excluding hydrogens is 352 g/mol. The number of hydrogen-bond donors (Lipinski definition) is 1. The zero-order valence-electron chi connectivity index (χ0n) is 17.1. The zero-order valence-corrected chi connectivity index (χ0v) is 17.1. The number of piperazine rings is 1. The predicted octanol–water partition coefficient (Wildman–Crippen LogP) is 1.72. The molecule has 1 aromatic carbocycles. The second-order valence-corrected chi connectivity index (χ2v) is 7.50.